The predicted octanol–water partition coefficient (Wildman–Crippen LogP) is 1.54. The Morgan fingerprint density at radius 2 is 1.83 bits per heavy atom. The SMILES string of the molecule is CSC(C(=O)N(C(N)=O)C(C)O)[C@@H]1C[C@H](SC2=C(C(=O)O)N3C(=O)[C@H]([C@@H](C)O)[C@H]3[C@H]2C)CN1C(=O)OCc1ccc([N+](=O)[O-])cc1. The number of carboxylic acids is 1. The number of aliphatic hydroxyl groups is 2. The Labute approximate surface area is 272 Å². The smallest absolute Gasteiger partial charge is 0.410 e. The Bertz CT molecular complexity index is 1450. The van der Waals surface area contributed by atoms with Crippen molar-refractivity contribution in [3.63, 3.8) is 0 Å². The molecule has 46 heavy (non-hydrogen) atoms. The first-order chi connectivity index (χ1) is 21.6. The number of aliphatic hydroxyl groups excluding tert-OH is 2. The summed E-state index contributed by atoms with van der Waals surface area (Å²) in [7, 11) is 0. The van der Waals surface area contributed by atoms with Crippen molar-refractivity contribution < 1.29 is 49.0 Å². The molecule has 3 heterocycles. The first-order valence-electron chi connectivity index (χ1n) is 14.3. The van der Waals surface area contributed by atoms with E-state index in [1.165, 1.54) is 47.9 Å². The number of hydrogen-bond donors (Lipinski definition) is 4. The average Bonchev–Trinajstić information content (AvgIpc) is 3.49. The van der Waals surface area contributed by atoms with E-state index in [0.717, 1.165) is 23.5 Å². The molecule has 0 radical (unpaired) electrons. The number of rotatable bonds is 11. The highest BCUT2D eigenvalue weighted by Crippen LogP contribution is 2.52. The average molecular weight is 682 g/mol. The van der Waals surface area contributed by atoms with E-state index in [-0.39, 0.29) is 31.0 Å². The summed E-state index contributed by atoms with van der Waals surface area (Å²) in [6, 6.07) is 2.76. The molecule has 0 bridgehead atoms. The Balaban J connectivity index is 1.62. The van der Waals surface area contributed by atoms with Crippen molar-refractivity contribution in [3.05, 3.63) is 50.5 Å². The second-order valence-corrected chi connectivity index (χ2v) is 13.6. The van der Waals surface area contributed by atoms with Crippen LogP contribution in [0.2, 0.25) is 0 Å². The van der Waals surface area contributed by atoms with Crippen LogP contribution in [-0.2, 0) is 25.7 Å². The van der Waals surface area contributed by atoms with Gasteiger partial charge in [-0.15, -0.1) is 23.5 Å². The fraction of sp³-hybridized carbons (Fsp3) is 0.536. The van der Waals surface area contributed by atoms with E-state index in [1.54, 1.807) is 13.2 Å². The molecule has 5 N–H and O–H groups in total. The van der Waals surface area contributed by atoms with Crippen LogP contribution in [0.4, 0.5) is 15.3 Å². The zero-order valence-electron chi connectivity index (χ0n) is 25.3. The number of carbonyl (C=O) groups is 5. The number of fused-ring (bicyclic) bond motifs is 1. The second kappa shape index (κ2) is 13.9. The van der Waals surface area contributed by atoms with E-state index in [9.17, 15) is 49.4 Å². The third-order valence-corrected chi connectivity index (χ3v) is 10.9. The highest BCUT2D eigenvalue weighted by atomic mass is 32.2. The van der Waals surface area contributed by atoms with Gasteiger partial charge in [0.1, 0.15) is 23.8 Å². The molecule has 0 aliphatic carbocycles. The Kier molecular flexibility index (Phi) is 10.5. The van der Waals surface area contributed by atoms with Gasteiger partial charge < -0.3 is 35.6 Å². The fourth-order valence-corrected chi connectivity index (χ4v) is 8.67. The molecule has 5 amide bonds. The van der Waals surface area contributed by atoms with Gasteiger partial charge in [-0.2, -0.15) is 0 Å². The van der Waals surface area contributed by atoms with Crippen LogP contribution in [0.25, 0.3) is 0 Å². The first kappa shape index (κ1) is 35.0. The Hall–Kier alpha value is -3.87. The van der Waals surface area contributed by atoms with Gasteiger partial charge in [0, 0.05) is 34.8 Å². The molecular formula is C28H35N5O11S2. The highest BCUT2D eigenvalue weighted by molar-refractivity contribution is 8.03. The van der Waals surface area contributed by atoms with Gasteiger partial charge in [0.05, 0.1) is 29.0 Å². The third-order valence-electron chi connectivity index (χ3n) is 8.35. The molecule has 4 rings (SSSR count). The van der Waals surface area contributed by atoms with E-state index in [2.05, 4.69) is 0 Å². The quantitative estimate of drug-likeness (QED) is 0.112. The lowest BCUT2D eigenvalue weighted by Gasteiger charge is -2.46. The zero-order chi connectivity index (χ0) is 34.2. The van der Waals surface area contributed by atoms with Crippen molar-refractivity contribution in [2.45, 2.75) is 68.7 Å². The summed E-state index contributed by atoms with van der Waals surface area (Å²) in [5, 5.41) is 39.7. The number of nitro groups is 1. The van der Waals surface area contributed by atoms with Gasteiger partial charge in [-0.3, -0.25) is 19.7 Å². The number of imide groups is 1. The number of nitro benzene ring substituents is 1. The van der Waals surface area contributed by atoms with Crippen molar-refractivity contribution >= 4 is 59.1 Å². The highest BCUT2D eigenvalue weighted by Gasteiger charge is 2.60. The third kappa shape index (κ3) is 6.51. The number of carbonyl (C=O) groups excluding carboxylic acids is 4. The molecule has 2 unspecified atom stereocenters. The van der Waals surface area contributed by atoms with Crippen molar-refractivity contribution in [2.24, 2.45) is 17.6 Å². The molecule has 0 saturated carbocycles. The molecule has 3 aliphatic heterocycles. The lowest BCUT2D eigenvalue weighted by molar-refractivity contribution is -0.384. The molecule has 1 aromatic rings. The number of urea groups is 1. The number of nitrogens with zero attached hydrogens (tertiary/aromatic N) is 4. The minimum absolute atomic E-state index is 0.00835. The van der Waals surface area contributed by atoms with Crippen molar-refractivity contribution in [1.29, 1.82) is 0 Å². The van der Waals surface area contributed by atoms with Crippen LogP contribution in [0.3, 0.4) is 0 Å². The lowest BCUT2D eigenvalue weighted by Crippen LogP contribution is -2.63. The number of aliphatic carboxylic acids is 1. The summed E-state index contributed by atoms with van der Waals surface area (Å²) in [4.78, 5) is 78.0. The van der Waals surface area contributed by atoms with Crippen LogP contribution in [0.15, 0.2) is 34.9 Å². The second-order valence-electron chi connectivity index (χ2n) is 11.3. The van der Waals surface area contributed by atoms with Crippen LogP contribution in [0, 0.1) is 22.0 Å². The maximum absolute atomic E-state index is 13.5. The molecule has 0 aromatic heterocycles. The maximum atomic E-state index is 13.5. The minimum Gasteiger partial charge on any atom is -0.477 e. The van der Waals surface area contributed by atoms with Gasteiger partial charge in [0.15, 0.2) is 0 Å². The molecular weight excluding hydrogens is 646 g/mol. The number of carboxylic acid groups (broad SMARTS) is 1. The molecule has 18 heteroatoms. The number of non-ortho nitro benzene ring substituents is 1. The summed E-state index contributed by atoms with van der Waals surface area (Å²) in [6.45, 7) is 4.17. The largest absolute Gasteiger partial charge is 0.477 e. The van der Waals surface area contributed by atoms with E-state index >= 15 is 0 Å². The standard InChI is InChI=1S/C28H35N5O11S2/c1-12-20-19(13(2)34)24(36)32(20)21(26(38)39)22(12)46-17-9-18(23(45-4)25(37)31(14(3)35)27(29)40)30(10-17)28(41)44-11-15-5-7-16(8-6-15)33(42)43/h5-8,12-14,17-20,23,34-35H,9-11H2,1-4H3,(H2,29,40)(H,38,39)/t12-,13-,14?,17+,18+,19-,20-,23?/m1/s1. The number of ether oxygens (including phenoxy) is 1. The number of thioether (sulfide) groups is 2. The molecule has 16 nitrogen and oxygen atoms in total. The van der Waals surface area contributed by atoms with Crippen LogP contribution >= 0.6 is 23.5 Å². The number of nitrogens with two attached hydrogens (primary N) is 1. The van der Waals surface area contributed by atoms with Gasteiger partial charge in [-0.25, -0.2) is 19.3 Å². The normalized spacial score (nSPS) is 25.8. The van der Waals surface area contributed by atoms with Gasteiger partial charge in [0.2, 0.25) is 11.8 Å². The number of β-lactam (4-membered cyclic amide) rings is 1. The summed E-state index contributed by atoms with van der Waals surface area (Å²) >= 11 is 2.19. The zero-order valence-corrected chi connectivity index (χ0v) is 27.0. The molecule has 250 valence electrons. The van der Waals surface area contributed by atoms with E-state index in [4.69, 9.17) is 10.5 Å². The topological polar surface area (TPSA) is 234 Å². The fourth-order valence-electron chi connectivity index (χ4n) is 6.24. The molecule has 3 aliphatic rings. The van der Waals surface area contributed by atoms with Crippen molar-refractivity contribution in [2.75, 3.05) is 12.8 Å². The van der Waals surface area contributed by atoms with Crippen LogP contribution in [-0.4, -0.2) is 113 Å². The van der Waals surface area contributed by atoms with Crippen LogP contribution in [0.1, 0.15) is 32.8 Å². The molecule has 2 saturated heterocycles. The number of benzene rings is 1. The lowest BCUT2D eigenvalue weighted by atomic mass is 9.79. The molecule has 2 fully saturated rings. The summed E-state index contributed by atoms with van der Waals surface area (Å²) in [5.74, 6) is -3.84. The molecule has 0 spiro atoms. The van der Waals surface area contributed by atoms with Crippen molar-refractivity contribution in [1.82, 2.24) is 14.7 Å². The summed E-state index contributed by atoms with van der Waals surface area (Å²) in [6.07, 6.45) is -1.64. The van der Waals surface area contributed by atoms with E-state index in [1.807, 2.05) is 0 Å². The van der Waals surface area contributed by atoms with Gasteiger partial charge >= 0.3 is 18.1 Å². The number of amides is 5. The minimum atomic E-state index is -1.56. The van der Waals surface area contributed by atoms with Gasteiger partial charge in [-0.1, -0.05) is 6.92 Å². The van der Waals surface area contributed by atoms with Gasteiger partial charge in [0.25, 0.3) is 5.69 Å². The van der Waals surface area contributed by atoms with E-state index < -0.39 is 81.6 Å². The Morgan fingerprint density at radius 3 is 2.33 bits per heavy atom. The van der Waals surface area contributed by atoms with E-state index in [0.29, 0.717) is 15.4 Å². The van der Waals surface area contributed by atoms with Crippen LogP contribution < -0.4 is 5.73 Å². The predicted molar refractivity (Wildman–Crippen MR) is 165 cm³/mol. The van der Waals surface area contributed by atoms with Crippen LogP contribution in [0.5, 0.6) is 0 Å². The Morgan fingerprint density at radius 1 is 1.20 bits per heavy atom. The first-order valence-corrected chi connectivity index (χ1v) is 16.4. The van der Waals surface area contributed by atoms with Gasteiger partial charge in [-0.05, 0) is 44.2 Å². The summed E-state index contributed by atoms with van der Waals surface area (Å²) < 4.78 is 5.52. The van der Waals surface area contributed by atoms with Crippen molar-refractivity contribution in [3.8, 4) is 0 Å². The molecule has 1 aromatic carbocycles. The molecule has 8 atom stereocenters. The number of hydrogen-bond acceptors (Lipinski definition) is 12. The monoisotopic (exact) mass is 681 g/mol. The maximum Gasteiger partial charge on any atom is 0.410 e. The summed E-state index contributed by atoms with van der Waals surface area (Å²) in [5.41, 5.74) is 5.50. The number of likely N-dealkylation sites (tertiary alicyclic amines) is 1. The number of primary amides is 1.